The van der Waals surface area contributed by atoms with Crippen LogP contribution in [0.25, 0.3) is 0 Å². The molecule has 0 amide bonds. The molecule has 1 aliphatic rings. The quantitative estimate of drug-likeness (QED) is 0.530. The van der Waals surface area contributed by atoms with Gasteiger partial charge in [-0.1, -0.05) is 40.8 Å². The van der Waals surface area contributed by atoms with E-state index in [0.717, 1.165) is 19.5 Å². The molecular formula is C15H20INS. The van der Waals surface area contributed by atoms with Crippen molar-refractivity contribution in [1.29, 1.82) is 0 Å². The van der Waals surface area contributed by atoms with Gasteiger partial charge in [-0.05, 0) is 49.8 Å². The number of hydrogen-bond acceptors (Lipinski definition) is 2. The van der Waals surface area contributed by atoms with Gasteiger partial charge >= 0.3 is 0 Å². The molecule has 1 atom stereocenters. The first kappa shape index (κ1) is 14.3. The van der Waals surface area contributed by atoms with Gasteiger partial charge in [0.1, 0.15) is 0 Å². The smallest absolute Gasteiger partial charge is 0.0998 e. The molecule has 0 spiro atoms. The average Bonchev–Trinajstić information content (AvgIpc) is 2.73. The van der Waals surface area contributed by atoms with Crippen molar-refractivity contribution in [3.8, 4) is 0 Å². The van der Waals surface area contributed by atoms with E-state index in [9.17, 15) is 0 Å². The van der Waals surface area contributed by atoms with Crippen LogP contribution in [0.1, 0.15) is 32.8 Å². The average molecular weight is 373 g/mol. The van der Waals surface area contributed by atoms with Gasteiger partial charge < -0.3 is 4.90 Å². The van der Waals surface area contributed by atoms with Crippen molar-refractivity contribution in [2.75, 3.05) is 18.0 Å². The molecule has 3 heteroatoms. The summed E-state index contributed by atoms with van der Waals surface area (Å²) in [5, 5.41) is 0. The zero-order valence-electron chi connectivity index (χ0n) is 11.2. The van der Waals surface area contributed by atoms with Crippen molar-refractivity contribution in [3.05, 3.63) is 40.8 Å². The highest BCUT2D eigenvalue weighted by Gasteiger charge is 2.33. The Bertz CT molecular complexity index is 436. The van der Waals surface area contributed by atoms with E-state index in [4.69, 9.17) is 0 Å². The van der Waals surface area contributed by atoms with Crippen molar-refractivity contribution in [3.63, 3.8) is 0 Å². The van der Waals surface area contributed by atoms with Gasteiger partial charge in [0, 0.05) is 18.8 Å². The summed E-state index contributed by atoms with van der Waals surface area (Å²) in [6, 6.07) is 9.10. The third-order valence-electron chi connectivity index (χ3n) is 3.40. The Kier molecular flexibility index (Phi) is 4.64. The fraction of sp³-hybridized carbons (Fsp3) is 0.467. The summed E-state index contributed by atoms with van der Waals surface area (Å²) < 4.78 is 0.212. The third-order valence-corrected chi connectivity index (χ3v) is 6.34. The van der Waals surface area contributed by atoms with Crippen molar-refractivity contribution in [2.24, 2.45) is 0 Å². The molecule has 0 radical (unpaired) electrons. The maximum atomic E-state index is 2.59. The lowest BCUT2D eigenvalue weighted by atomic mass is 10.1. The molecule has 1 nitrogen and oxygen atoms in total. The van der Waals surface area contributed by atoms with Crippen LogP contribution in [0.4, 0.5) is 5.69 Å². The Hall–Kier alpha value is -0.160. The lowest BCUT2D eigenvalue weighted by molar-refractivity contribution is 0.864. The van der Waals surface area contributed by atoms with Crippen LogP contribution in [0.5, 0.6) is 0 Å². The number of benzene rings is 1. The summed E-state index contributed by atoms with van der Waals surface area (Å²) in [6.45, 7) is 8.76. The minimum absolute atomic E-state index is 0.212. The molecule has 0 aromatic heterocycles. The van der Waals surface area contributed by atoms with Gasteiger partial charge in [-0.3, -0.25) is 0 Å². The number of rotatable bonds is 4. The van der Waals surface area contributed by atoms with Crippen LogP contribution in [-0.4, -0.2) is 13.1 Å². The molecule has 0 aliphatic carbocycles. The minimum atomic E-state index is 0.212. The van der Waals surface area contributed by atoms with E-state index in [-0.39, 0.29) is 2.75 Å². The van der Waals surface area contributed by atoms with Gasteiger partial charge in [0.2, 0.25) is 0 Å². The Labute approximate surface area is 128 Å². The minimum Gasteiger partial charge on any atom is -0.372 e. The fourth-order valence-corrected chi connectivity index (χ4v) is 5.02. The maximum absolute atomic E-state index is 2.59. The number of anilines is 1. The van der Waals surface area contributed by atoms with Crippen molar-refractivity contribution in [1.82, 2.24) is 0 Å². The number of nitrogens with zero attached hydrogens (tertiary/aromatic N) is 1. The number of thioether (sulfide) groups is 1. The summed E-state index contributed by atoms with van der Waals surface area (Å²) in [5.74, 6) is 0. The third kappa shape index (κ3) is 2.87. The number of alkyl halides is 1. The van der Waals surface area contributed by atoms with E-state index in [1.807, 2.05) is 11.8 Å². The summed E-state index contributed by atoms with van der Waals surface area (Å²) in [4.78, 5) is 3.83. The van der Waals surface area contributed by atoms with Gasteiger partial charge in [-0.15, -0.1) is 11.8 Å². The first-order valence-corrected chi connectivity index (χ1v) is 8.38. The summed E-state index contributed by atoms with van der Waals surface area (Å²) in [7, 11) is 0. The number of halogens is 1. The Morgan fingerprint density at radius 3 is 2.28 bits per heavy atom. The second-order valence-corrected chi connectivity index (χ2v) is 8.69. The highest BCUT2D eigenvalue weighted by molar-refractivity contribution is 14.1. The molecule has 0 saturated heterocycles. The first-order valence-electron chi connectivity index (χ1n) is 6.49. The molecule has 1 heterocycles. The molecule has 18 heavy (non-hydrogen) atoms. The van der Waals surface area contributed by atoms with E-state index in [1.165, 1.54) is 16.2 Å². The van der Waals surface area contributed by atoms with Crippen LogP contribution in [0, 0.1) is 0 Å². The molecule has 1 aromatic carbocycles. The molecule has 0 N–H and O–H groups in total. The van der Waals surface area contributed by atoms with Crippen LogP contribution in [0.15, 0.2) is 35.2 Å². The topological polar surface area (TPSA) is 3.24 Å². The normalized spacial score (nSPS) is 23.0. The van der Waals surface area contributed by atoms with Crippen LogP contribution in [0.2, 0.25) is 0 Å². The lowest BCUT2D eigenvalue weighted by Crippen LogP contribution is -2.21. The van der Waals surface area contributed by atoms with E-state index in [1.54, 1.807) is 0 Å². The fourth-order valence-electron chi connectivity index (χ4n) is 2.30. The molecule has 1 unspecified atom stereocenters. The molecule has 2 rings (SSSR count). The van der Waals surface area contributed by atoms with Crippen LogP contribution < -0.4 is 4.90 Å². The van der Waals surface area contributed by atoms with Crippen molar-refractivity contribution < 1.29 is 0 Å². The molecular weight excluding hydrogens is 353 g/mol. The molecule has 98 valence electrons. The Morgan fingerprint density at radius 2 is 1.83 bits per heavy atom. The summed E-state index contributed by atoms with van der Waals surface area (Å²) in [5.41, 5.74) is 2.76. The van der Waals surface area contributed by atoms with Crippen LogP contribution in [0.3, 0.4) is 0 Å². The summed E-state index contributed by atoms with van der Waals surface area (Å²) >= 11 is 4.57. The SMILES string of the molecule is CCN(CC)c1ccc(C2(I)CC=C(C)S2)cc1. The second kappa shape index (κ2) is 5.87. The number of allylic oxidation sites excluding steroid dienone is 2. The second-order valence-electron chi connectivity index (χ2n) is 4.57. The van der Waals surface area contributed by atoms with Gasteiger partial charge in [-0.25, -0.2) is 0 Å². The first-order chi connectivity index (χ1) is 8.59. The highest BCUT2D eigenvalue weighted by Crippen LogP contribution is 2.54. The van der Waals surface area contributed by atoms with Crippen molar-refractivity contribution in [2.45, 2.75) is 29.9 Å². The van der Waals surface area contributed by atoms with E-state index >= 15 is 0 Å². The van der Waals surface area contributed by atoms with Crippen LogP contribution >= 0.6 is 34.4 Å². The van der Waals surface area contributed by atoms with Crippen molar-refractivity contribution >= 4 is 40.0 Å². The van der Waals surface area contributed by atoms with Gasteiger partial charge in [0.25, 0.3) is 0 Å². The van der Waals surface area contributed by atoms with Gasteiger partial charge in [0.05, 0.1) is 2.75 Å². The lowest BCUT2D eigenvalue weighted by Gasteiger charge is -2.25. The summed E-state index contributed by atoms with van der Waals surface area (Å²) in [6.07, 6.45) is 3.48. The van der Waals surface area contributed by atoms with Crippen LogP contribution in [-0.2, 0) is 2.75 Å². The Balaban J connectivity index is 2.18. The predicted octanol–water partition coefficient (Wildman–Crippen LogP) is 5.16. The highest BCUT2D eigenvalue weighted by atomic mass is 127. The van der Waals surface area contributed by atoms with Gasteiger partial charge in [-0.2, -0.15) is 0 Å². The molecule has 0 saturated carbocycles. The molecule has 1 aliphatic heterocycles. The molecule has 1 aromatic rings. The largest absolute Gasteiger partial charge is 0.372 e. The molecule has 0 bridgehead atoms. The monoisotopic (exact) mass is 373 g/mol. The van der Waals surface area contributed by atoms with E-state index in [2.05, 4.69) is 78.6 Å². The zero-order valence-corrected chi connectivity index (χ0v) is 14.2. The number of hydrogen-bond donors (Lipinski definition) is 0. The van der Waals surface area contributed by atoms with Gasteiger partial charge in [0.15, 0.2) is 0 Å². The molecule has 0 fully saturated rings. The Morgan fingerprint density at radius 1 is 1.22 bits per heavy atom. The van der Waals surface area contributed by atoms with E-state index < -0.39 is 0 Å². The maximum Gasteiger partial charge on any atom is 0.0998 e. The predicted molar refractivity (Wildman–Crippen MR) is 91.7 cm³/mol. The van der Waals surface area contributed by atoms with E-state index in [0.29, 0.717) is 0 Å². The zero-order chi connectivity index (χ0) is 13.2. The standard InChI is InChI=1S/C15H20INS/c1-4-17(5-2)14-8-6-13(7-9-14)15(16)11-10-12(3)18-15/h6-10H,4-5,11H2,1-3H3.